The number of carbonyl (C=O) groups is 1. The third-order valence-electron chi connectivity index (χ3n) is 2.66. The molecule has 3 rings (SSSR count). The Hall–Kier alpha value is -1.86. The van der Waals surface area contributed by atoms with Gasteiger partial charge in [-0.3, -0.25) is 4.79 Å². The first-order valence-corrected chi connectivity index (χ1v) is 7.06. The van der Waals surface area contributed by atoms with E-state index in [0.717, 1.165) is 10.1 Å². The zero-order chi connectivity index (χ0) is 14.1. The van der Waals surface area contributed by atoms with Crippen molar-refractivity contribution in [1.29, 1.82) is 0 Å². The molecule has 0 N–H and O–H groups in total. The molecule has 0 aliphatic heterocycles. The molecule has 2 heterocycles. The molecule has 0 unspecified atom stereocenters. The molecular weight excluding hydrogens is 303 g/mol. The van der Waals surface area contributed by atoms with E-state index in [2.05, 4.69) is 15.4 Å². The lowest BCUT2D eigenvalue weighted by molar-refractivity contribution is 0.0965. The van der Waals surface area contributed by atoms with Crippen molar-refractivity contribution in [3.05, 3.63) is 40.8 Å². The van der Waals surface area contributed by atoms with Crippen LogP contribution in [-0.4, -0.2) is 26.0 Å². The number of rotatable bonds is 4. The predicted octanol–water partition coefficient (Wildman–Crippen LogP) is 2.65. The van der Waals surface area contributed by atoms with E-state index < -0.39 is 0 Å². The van der Waals surface area contributed by atoms with Crippen molar-refractivity contribution in [2.75, 3.05) is 0 Å². The van der Waals surface area contributed by atoms with E-state index in [1.165, 1.54) is 28.3 Å². The van der Waals surface area contributed by atoms with E-state index in [9.17, 15) is 9.18 Å². The van der Waals surface area contributed by atoms with Gasteiger partial charge in [0, 0.05) is 4.70 Å². The Morgan fingerprint density at radius 1 is 1.40 bits per heavy atom. The van der Waals surface area contributed by atoms with Crippen LogP contribution in [0.4, 0.5) is 4.39 Å². The maximum Gasteiger partial charge on any atom is 0.196 e. The van der Waals surface area contributed by atoms with Gasteiger partial charge in [0.25, 0.3) is 0 Å². The Kier molecular flexibility index (Phi) is 3.45. The lowest BCUT2D eigenvalue weighted by Gasteiger charge is -1.95. The Labute approximate surface area is 122 Å². The summed E-state index contributed by atoms with van der Waals surface area (Å²) in [7, 11) is 0. The van der Waals surface area contributed by atoms with Crippen LogP contribution in [-0.2, 0) is 12.4 Å². The maximum atomic E-state index is 13.1. The number of thiophene rings is 1. The van der Waals surface area contributed by atoms with E-state index in [0.29, 0.717) is 10.7 Å². The van der Waals surface area contributed by atoms with Gasteiger partial charge in [-0.2, -0.15) is 4.80 Å². The van der Waals surface area contributed by atoms with Gasteiger partial charge < -0.3 is 0 Å². The van der Waals surface area contributed by atoms with Crippen LogP contribution in [0.25, 0.3) is 10.1 Å². The zero-order valence-electron chi connectivity index (χ0n) is 10.1. The van der Waals surface area contributed by atoms with Gasteiger partial charge in [-0.05, 0) is 28.8 Å². The zero-order valence-corrected chi connectivity index (χ0v) is 11.7. The van der Waals surface area contributed by atoms with Crippen LogP contribution in [0.15, 0.2) is 24.3 Å². The number of halogens is 2. The summed E-state index contributed by atoms with van der Waals surface area (Å²) in [5.74, 6) is 0.0575. The molecule has 0 amide bonds. The van der Waals surface area contributed by atoms with Crippen molar-refractivity contribution >= 4 is 38.8 Å². The second-order valence-corrected chi connectivity index (χ2v) is 5.44. The normalized spacial score (nSPS) is 11.1. The quantitative estimate of drug-likeness (QED) is 0.549. The molecular formula is C12H8ClFN4OS. The van der Waals surface area contributed by atoms with Gasteiger partial charge in [0.2, 0.25) is 0 Å². The van der Waals surface area contributed by atoms with E-state index >= 15 is 0 Å². The Morgan fingerprint density at radius 2 is 2.25 bits per heavy atom. The van der Waals surface area contributed by atoms with Crippen molar-refractivity contribution in [1.82, 2.24) is 20.2 Å². The highest BCUT2D eigenvalue weighted by Crippen LogP contribution is 2.26. The van der Waals surface area contributed by atoms with E-state index in [-0.39, 0.29) is 24.0 Å². The van der Waals surface area contributed by atoms with Crippen LogP contribution in [0.3, 0.4) is 0 Å². The number of Topliss-reactive ketones (excluding diaryl/α,β-unsaturated/α-hetero) is 1. The average molecular weight is 311 g/mol. The number of hydrogen-bond donors (Lipinski definition) is 0. The highest BCUT2D eigenvalue weighted by molar-refractivity contribution is 7.20. The fourth-order valence-electron chi connectivity index (χ4n) is 1.75. The predicted molar refractivity (Wildman–Crippen MR) is 73.5 cm³/mol. The molecule has 0 aliphatic carbocycles. The molecule has 0 atom stereocenters. The van der Waals surface area contributed by atoms with Gasteiger partial charge in [-0.15, -0.1) is 33.1 Å². The van der Waals surface area contributed by atoms with Crippen molar-refractivity contribution in [2.45, 2.75) is 12.4 Å². The summed E-state index contributed by atoms with van der Waals surface area (Å²) in [5, 5.41) is 12.2. The smallest absolute Gasteiger partial charge is 0.196 e. The van der Waals surface area contributed by atoms with Crippen LogP contribution in [0.5, 0.6) is 0 Å². The van der Waals surface area contributed by atoms with Crippen molar-refractivity contribution in [2.24, 2.45) is 0 Å². The SMILES string of the molecule is O=C(Cn1nnc(CCl)n1)c1cc2ccc(F)cc2s1. The van der Waals surface area contributed by atoms with Gasteiger partial charge in [-0.1, -0.05) is 6.07 Å². The van der Waals surface area contributed by atoms with Crippen LogP contribution in [0, 0.1) is 5.82 Å². The molecule has 0 saturated carbocycles. The van der Waals surface area contributed by atoms with Gasteiger partial charge >= 0.3 is 0 Å². The highest BCUT2D eigenvalue weighted by atomic mass is 35.5. The van der Waals surface area contributed by atoms with Gasteiger partial charge in [0.1, 0.15) is 12.4 Å². The first-order chi connectivity index (χ1) is 9.65. The average Bonchev–Trinajstić information content (AvgIpc) is 3.04. The molecule has 5 nitrogen and oxygen atoms in total. The minimum absolute atomic E-state index is 0.0147. The summed E-state index contributed by atoms with van der Waals surface area (Å²) >= 11 is 6.81. The van der Waals surface area contributed by atoms with Crippen LogP contribution < -0.4 is 0 Å². The number of alkyl halides is 1. The number of carbonyl (C=O) groups excluding carboxylic acids is 1. The summed E-state index contributed by atoms with van der Waals surface area (Å²) in [6, 6.07) is 6.17. The van der Waals surface area contributed by atoms with E-state index in [1.807, 2.05) is 0 Å². The number of benzene rings is 1. The molecule has 0 saturated heterocycles. The molecule has 0 fully saturated rings. The van der Waals surface area contributed by atoms with E-state index in [4.69, 9.17) is 11.6 Å². The molecule has 1 aromatic carbocycles. The number of nitrogens with zero attached hydrogens (tertiary/aromatic N) is 4. The number of aromatic nitrogens is 4. The third kappa shape index (κ3) is 2.54. The van der Waals surface area contributed by atoms with Crippen LogP contribution >= 0.6 is 22.9 Å². The molecule has 102 valence electrons. The molecule has 0 aliphatic rings. The topological polar surface area (TPSA) is 60.7 Å². The van der Waals surface area contributed by atoms with Crippen LogP contribution in [0.2, 0.25) is 0 Å². The highest BCUT2D eigenvalue weighted by Gasteiger charge is 2.13. The molecule has 3 aromatic rings. The number of hydrogen-bond acceptors (Lipinski definition) is 5. The largest absolute Gasteiger partial charge is 0.291 e. The maximum absolute atomic E-state index is 13.1. The summed E-state index contributed by atoms with van der Waals surface area (Å²) in [6.45, 7) is -0.0147. The first-order valence-electron chi connectivity index (χ1n) is 5.70. The van der Waals surface area contributed by atoms with Gasteiger partial charge in [0.15, 0.2) is 11.6 Å². The number of fused-ring (bicyclic) bond motifs is 1. The molecule has 8 heteroatoms. The minimum Gasteiger partial charge on any atom is -0.291 e. The monoisotopic (exact) mass is 310 g/mol. The summed E-state index contributed by atoms with van der Waals surface area (Å²) < 4.78 is 13.8. The Bertz CT molecular complexity index is 785. The fourth-order valence-corrected chi connectivity index (χ4v) is 2.87. The number of ketones is 1. The lowest BCUT2D eigenvalue weighted by Crippen LogP contribution is -2.12. The minimum atomic E-state index is -0.317. The Morgan fingerprint density at radius 3 is 3.00 bits per heavy atom. The molecule has 0 radical (unpaired) electrons. The first kappa shape index (κ1) is 13.1. The van der Waals surface area contributed by atoms with Gasteiger partial charge in [0.05, 0.1) is 10.8 Å². The Balaban J connectivity index is 1.84. The van der Waals surface area contributed by atoms with Gasteiger partial charge in [-0.25, -0.2) is 4.39 Å². The molecule has 2 aromatic heterocycles. The summed E-state index contributed by atoms with van der Waals surface area (Å²) in [5.41, 5.74) is 0. The second-order valence-electron chi connectivity index (χ2n) is 4.09. The number of tetrazole rings is 1. The standard InChI is InChI=1S/C12H8ClFN4OS/c13-5-12-15-17-18(16-12)6-9(19)11-3-7-1-2-8(14)4-10(7)20-11/h1-4H,5-6H2. The van der Waals surface area contributed by atoms with Crippen molar-refractivity contribution < 1.29 is 9.18 Å². The summed E-state index contributed by atoms with van der Waals surface area (Å²) in [6.07, 6.45) is 0. The van der Waals surface area contributed by atoms with Crippen molar-refractivity contribution in [3.63, 3.8) is 0 Å². The third-order valence-corrected chi connectivity index (χ3v) is 4.03. The van der Waals surface area contributed by atoms with Crippen LogP contribution in [0.1, 0.15) is 15.5 Å². The summed E-state index contributed by atoms with van der Waals surface area (Å²) in [4.78, 5) is 13.9. The van der Waals surface area contributed by atoms with E-state index in [1.54, 1.807) is 12.1 Å². The lowest BCUT2D eigenvalue weighted by atomic mass is 10.2. The fraction of sp³-hybridized carbons (Fsp3) is 0.167. The molecule has 0 bridgehead atoms. The van der Waals surface area contributed by atoms with Crippen molar-refractivity contribution in [3.8, 4) is 0 Å². The second kappa shape index (κ2) is 5.26. The molecule has 20 heavy (non-hydrogen) atoms. The molecule has 0 spiro atoms.